The van der Waals surface area contributed by atoms with Crippen molar-refractivity contribution in [2.24, 2.45) is 0 Å². The second kappa shape index (κ2) is 19.6. The molecule has 0 bridgehead atoms. The second-order valence-corrected chi connectivity index (χ2v) is 8.74. The highest BCUT2D eigenvalue weighted by molar-refractivity contribution is 7.86. The summed E-state index contributed by atoms with van der Waals surface area (Å²) in [4.78, 5) is 10.2. The maximum absolute atomic E-state index is 12.6. The third-order valence-electron chi connectivity index (χ3n) is 4.44. The van der Waals surface area contributed by atoms with Gasteiger partial charge >= 0.3 is 5.97 Å². The molecule has 2 unspecified atom stereocenters. The molecule has 0 aromatic rings. The number of aliphatic carboxylic acids is 1. The lowest BCUT2D eigenvalue weighted by Crippen LogP contribution is -2.14. The largest absolute Gasteiger partial charge is 0.479 e. The predicted octanol–water partition coefficient (Wildman–Crippen LogP) is 6.47. The van der Waals surface area contributed by atoms with Crippen LogP contribution in [-0.4, -0.2) is 35.7 Å². The van der Waals surface area contributed by atoms with Crippen molar-refractivity contribution in [3.8, 4) is 0 Å². The monoisotopic (exact) mass is 430 g/mol. The van der Waals surface area contributed by atoms with E-state index in [2.05, 4.69) is 13.8 Å². The first-order valence-corrected chi connectivity index (χ1v) is 12.1. The van der Waals surface area contributed by atoms with Gasteiger partial charge in [-0.1, -0.05) is 84.5 Å². The Balaban J connectivity index is 0. The van der Waals surface area contributed by atoms with Crippen molar-refractivity contribution in [3.63, 3.8) is 0 Å². The molecule has 0 spiro atoms. The van der Waals surface area contributed by atoms with Crippen LogP contribution in [0.4, 0.5) is 8.78 Å². The van der Waals surface area contributed by atoms with E-state index in [1.807, 2.05) is 0 Å². The number of halogens is 2. The normalized spacial score (nSPS) is 13.5. The van der Waals surface area contributed by atoms with Crippen LogP contribution in [0.3, 0.4) is 0 Å². The highest BCUT2D eigenvalue weighted by Gasteiger charge is 2.20. The first-order valence-electron chi connectivity index (χ1n) is 10.6. The van der Waals surface area contributed by atoms with Gasteiger partial charge in [-0.05, 0) is 25.7 Å². The molecule has 0 aromatic heterocycles. The molecule has 2 atom stereocenters. The number of hydrogen-bond donors (Lipinski definition) is 2. The molecule has 0 amide bonds. The van der Waals surface area contributed by atoms with E-state index in [1.54, 1.807) is 0 Å². The molecule has 8 heteroatoms. The summed E-state index contributed by atoms with van der Waals surface area (Å²) in [5, 5.41) is 8.31. The minimum absolute atomic E-state index is 0.0947. The SMILES string of the molecule is CCCCCCCC(F)S(=O)(=O)O.CCCCCCCCCCC(F)C(=O)O. The first-order chi connectivity index (χ1) is 13.2. The third-order valence-corrected chi connectivity index (χ3v) is 5.32. The van der Waals surface area contributed by atoms with Crippen LogP contribution < -0.4 is 0 Å². The van der Waals surface area contributed by atoms with Crippen LogP contribution in [0.2, 0.25) is 0 Å². The number of rotatable bonds is 17. The smallest absolute Gasteiger partial charge is 0.338 e. The minimum Gasteiger partial charge on any atom is -0.479 e. The molecule has 0 radical (unpaired) electrons. The van der Waals surface area contributed by atoms with E-state index in [9.17, 15) is 22.0 Å². The van der Waals surface area contributed by atoms with Gasteiger partial charge in [0.15, 0.2) is 6.17 Å². The molecule has 0 aliphatic heterocycles. The Labute approximate surface area is 170 Å². The van der Waals surface area contributed by atoms with E-state index in [1.165, 1.54) is 32.1 Å². The number of hydrogen-bond acceptors (Lipinski definition) is 3. The fraction of sp³-hybridized carbons (Fsp3) is 0.950. The maximum Gasteiger partial charge on any atom is 0.338 e. The average Bonchev–Trinajstić information content (AvgIpc) is 2.63. The van der Waals surface area contributed by atoms with Crippen LogP contribution in [0, 0.1) is 0 Å². The molecule has 2 N–H and O–H groups in total. The number of alkyl halides is 2. The number of carbonyl (C=O) groups is 1. The molecule has 170 valence electrons. The maximum atomic E-state index is 12.6. The highest BCUT2D eigenvalue weighted by Crippen LogP contribution is 2.13. The average molecular weight is 431 g/mol. The standard InChI is InChI=1S/C12H23FO2.C8H17FO3S/c1-2-3-4-5-6-7-8-9-10-11(13)12(14)15;1-2-3-4-5-6-7-8(9)13(10,11)12/h11H,2-10H2,1H3,(H,14,15);8H,2-7H2,1H3,(H,10,11,12). The van der Waals surface area contributed by atoms with Crippen LogP contribution in [0.25, 0.3) is 0 Å². The molecule has 0 saturated carbocycles. The molecule has 0 rings (SSSR count). The van der Waals surface area contributed by atoms with Gasteiger partial charge < -0.3 is 5.11 Å². The van der Waals surface area contributed by atoms with Crippen LogP contribution in [0.5, 0.6) is 0 Å². The van der Waals surface area contributed by atoms with Gasteiger partial charge in [-0.2, -0.15) is 8.42 Å². The molecular formula is C20H40F2O5S. The number of carboxylic acids is 1. The van der Waals surface area contributed by atoms with Crippen molar-refractivity contribution in [2.45, 2.75) is 122 Å². The third kappa shape index (κ3) is 21.5. The second-order valence-electron chi connectivity index (χ2n) is 7.20. The molecule has 0 saturated heterocycles. The van der Waals surface area contributed by atoms with Crippen LogP contribution >= 0.6 is 0 Å². The number of carboxylic acid groups (broad SMARTS) is 1. The van der Waals surface area contributed by atoms with Gasteiger partial charge in [0.1, 0.15) is 0 Å². The molecule has 5 nitrogen and oxygen atoms in total. The van der Waals surface area contributed by atoms with Crippen molar-refractivity contribution in [1.82, 2.24) is 0 Å². The number of unbranched alkanes of at least 4 members (excludes halogenated alkanes) is 11. The lowest BCUT2D eigenvalue weighted by atomic mass is 10.1. The van der Waals surface area contributed by atoms with Gasteiger partial charge in [0.05, 0.1) is 0 Å². The first kappa shape index (κ1) is 29.4. The van der Waals surface area contributed by atoms with E-state index < -0.39 is 27.8 Å². The van der Waals surface area contributed by atoms with Gasteiger partial charge in [-0.3, -0.25) is 4.55 Å². The topological polar surface area (TPSA) is 91.7 Å². The quantitative estimate of drug-likeness (QED) is 0.204. The summed E-state index contributed by atoms with van der Waals surface area (Å²) in [6.07, 6.45) is 12.0. The van der Waals surface area contributed by atoms with Gasteiger partial charge in [-0.15, -0.1) is 0 Å². The Morgan fingerprint density at radius 3 is 1.46 bits per heavy atom. The molecular weight excluding hydrogens is 390 g/mol. The van der Waals surface area contributed by atoms with Crippen molar-refractivity contribution in [3.05, 3.63) is 0 Å². The summed E-state index contributed by atoms with van der Waals surface area (Å²) < 4.78 is 53.9. The fourth-order valence-corrected chi connectivity index (χ4v) is 3.10. The molecule has 0 aromatic carbocycles. The van der Waals surface area contributed by atoms with E-state index in [0.717, 1.165) is 38.5 Å². The summed E-state index contributed by atoms with van der Waals surface area (Å²) in [5.74, 6) is -1.32. The zero-order valence-corrected chi connectivity index (χ0v) is 18.4. The molecule has 0 heterocycles. The Kier molecular flexibility index (Phi) is 20.6. The minimum atomic E-state index is -4.46. The lowest BCUT2D eigenvalue weighted by molar-refractivity contribution is -0.143. The van der Waals surface area contributed by atoms with E-state index >= 15 is 0 Å². The Morgan fingerprint density at radius 2 is 1.11 bits per heavy atom. The molecule has 0 aliphatic carbocycles. The zero-order chi connectivity index (χ0) is 21.8. The summed E-state index contributed by atoms with van der Waals surface area (Å²) >= 11 is 0. The van der Waals surface area contributed by atoms with Crippen LogP contribution in [0.1, 0.15) is 110 Å². The van der Waals surface area contributed by atoms with Crippen molar-refractivity contribution in [2.75, 3.05) is 0 Å². The summed E-state index contributed by atoms with van der Waals surface area (Å²) in [6, 6.07) is 0. The zero-order valence-electron chi connectivity index (χ0n) is 17.5. The molecule has 0 fully saturated rings. The summed E-state index contributed by atoms with van der Waals surface area (Å²) in [7, 11) is -4.46. The Bertz CT molecular complexity index is 458. The van der Waals surface area contributed by atoms with Crippen molar-refractivity contribution >= 4 is 16.1 Å². The highest BCUT2D eigenvalue weighted by atomic mass is 32.2. The predicted molar refractivity (Wildman–Crippen MR) is 110 cm³/mol. The van der Waals surface area contributed by atoms with Gasteiger partial charge in [0.2, 0.25) is 5.50 Å². The van der Waals surface area contributed by atoms with Crippen LogP contribution in [-0.2, 0) is 14.9 Å². The van der Waals surface area contributed by atoms with Gasteiger partial charge in [0, 0.05) is 0 Å². The van der Waals surface area contributed by atoms with E-state index in [-0.39, 0.29) is 12.8 Å². The Hall–Kier alpha value is -0.760. The van der Waals surface area contributed by atoms with Crippen LogP contribution in [0.15, 0.2) is 0 Å². The molecule has 0 aliphatic rings. The van der Waals surface area contributed by atoms with Gasteiger partial charge in [-0.25, -0.2) is 13.6 Å². The van der Waals surface area contributed by atoms with Crippen molar-refractivity contribution in [1.29, 1.82) is 0 Å². The Morgan fingerprint density at radius 1 is 0.750 bits per heavy atom. The van der Waals surface area contributed by atoms with Gasteiger partial charge in [0.25, 0.3) is 10.1 Å². The molecule has 28 heavy (non-hydrogen) atoms. The van der Waals surface area contributed by atoms with E-state index in [4.69, 9.17) is 9.66 Å². The van der Waals surface area contributed by atoms with Crippen molar-refractivity contribution < 1.29 is 31.7 Å². The van der Waals surface area contributed by atoms with E-state index in [0.29, 0.717) is 12.8 Å². The summed E-state index contributed by atoms with van der Waals surface area (Å²) in [6.45, 7) is 4.25. The fourth-order valence-electron chi connectivity index (χ4n) is 2.64. The summed E-state index contributed by atoms with van der Waals surface area (Å²) in [5.41, 5.74) is -2.10. The lowest BCUT2D eigenvalue weighted by Gasteiger charge is -2.03.